The fourth-order valence-corrected chi connectivity index (χ4v) is 9.46. The second-order valence-corrected chi connectivity index (χ2v) is 14.8. The second-order valence-electron chi connectivity index (χ2n) is 11.6. The number of ketones is 1. The van der Waals surface area contributed by atoms with E-state index in [0.717, 1.165) is 5.57 Å². The summed E-state index contributed by atoms with van der Waals surface area (Å²) < 4.78 is 79.3. The summed E-state index contributed by atoms with van der Waals surface area (Å²) in [6, 6.07) is 6.84. The van der Waals surface area contributed by atoms with E-state index in [1.165, 1.54) is 12.1 Å². The van der Waals surface area contributed by atoms with Gasteiger partial charge in [-0.2, -0.15) is 23.4 Å². The van der Waals surface area contributed by atoms with Crippen molar-refractivity contribution < 1.29 is 31.3 Å². The molecule has 0 amide bonds. The van der Waals surface area contributed by atoms with Gasteiger partial charge in [-0.1, -0.05) is 5.57 Å². The molecular weight excluding hydrogens is 632 g/mol. The summed E-state index contributed by atoms with van der Waals surface area (Å²) in [5.41, 5.74) is 1.52. The van der Waals surface area contributed by atoms with Gasteiger partial charge in [-0.15, -0.1) is 11.3 Å². The molecule has 1 saturated carbocycles. The molecule has 0 spiro atoms. The number of aromatic nitrogens is 5. The molecule has 236 valence electrons. The molecule has 15 heteroatoms. The maximum Gasteiger partial charge on any atom is 0.427 e. The van der Waals surface area contributed by atoms with E-state index < -0.39 is 43.8 Å². The minimum Gasteiger partial charge on any atom is -0.378 e. The van der Waals surface area contributed by atoms with E-state index in [9.17, 15) is 26.6 Å². The Morgan fingerprint density at radius 3 is 2.56 bits per heavy atom. The molecule has 1 aromatic carbocycles. The number of carbonyl (C=O) groups excluding carboxylic acids is 1. The normalized spacial score (nSPS) is 23.2. The zero-order valence-electron chi connectivity index (χ0n) is 24.0. The van der Waals surface area contributed by atoms with Crippen LogP contribution in [0, 0.1) is 11.2 Å². The molecule has 1 aliphatic heterocycles. The number of aryl methyl sites for hydroxylation is 1. The van der Waals surface area contributed by atoms with E-state index in [1.807, 2.05) is 10.4 Å². The Labute approximate surface area is 260 Å². The maximum absolute atomic E-state index is 14.5. The number of halogens is 4. The molecule has 1 saturated heterocycles. The van der Waals surface area contributed by atoms with Crippen LogP contribution in [-0.4, -0.2) is 70.0 Å². The highest BCUT2D eigenvalue weighted by molar-refractivity contribution is 7.98. The summed E-state index contributed by atoms with van der Waals surface area (Å²) in [5, 5.41) is 8.98. The van der Waals surface area contributed by atoms with Crippen LogP contribution in [0.5, 0.6) is 0 Å². The van der Waals surface area contributed by atoms with Crippen molar-refractivity contribution in [2.24, 2.45) is 12.5 Å². The molecule has 4 heterocycles. The Morgan fingerprint density at radius 1 is 1.18 bits per heavy atom. The van der Waals surface area contributed by atoms with Crippen molar-refractivity contribution >= 4 is 38.8 Å². The summed E-state index contributed by atoms with van der Waals surface area (Å²) in [5.74, 6) is 3.21. The lowest BCUT2D eigenvalue weighted by molar-refractivity contribution is -0.134. The molecule has 2 aliphatic carbocycles. The zero-order valence-corrected chi connectivity index (χ0v) is 25.7. The van der Waals surface area contributed by atoms with Crippen molar-refractivity contribution in [1.82, 2.24) is 28.9 Å². The first-order valence-electron chi connectivity index (χ1n) is 14.2. The molecule has 9 nitrogen and oxygen atoms in total. The van der Waals surface area contributed by atoms with Crippen LogP contribution >= 0.6 is 11.3 Å². The summed E-state index contributed by atoms with van der Waals surface area (Å²) in [7, 11) is -1.41. The third kappa shape index (κ3) is 5.05. The Balaban J connectivity index is 1.33. The molecule has 0 radical (unpaired) electrons. The van der Waals surface area contributed by atoms with Gasteiger partial charge in [0.2, 0.25) is 5.78 Å². The molecule has 0 bridgehead atoms. The fourth-order valence-electron chi connectivity index (χ4n) is 6.63. The highest BCUT2D eigenvalue weighted by Gasteiger charge is 2.53. The van der Waals surface area contributed by atoms with E-state index in [1.54, 1.807) is 47.0 Å². The van der Waals surface area contributed by atoms with E-state index in [0.29, 0.717) is 65.6 Å². The van der Waals surface area contributed by atoms with Crippen molar-refractivity contribution in [3.8, 4) is 5.69 Å². The number of Topliss-reactive ketones (excluding diaryl/α,β-unsaturated/α-hetero) is 1. The molecule has 7 rings (SSSR count). The van der Waals surface area contributed by atoms with Crippen LogP contribution in [0.25, 0.3) is 11.8 Å². The second kappa shape index (κ2) is 10.7. The molecule has 0 N–H and O–H groups in total. The standard InChI is InChI=1S/C30H28F4N6O3S2/c1-38-10-9-26(37-38)45(2,42)40(23-16-43-17-23)22-6-3-19-11-24-18(14-36-39(24)21-7-4-20(31)5-8-21)12-29(19,13-22)27(41)28-35-15-25(44-28)30(32,33)34/h4-5,7-11,14-15,22-23H,2-3,6,12-13,16-17H2,1H3/t22-,29-,45?/m0/s1. The Bertz CT molecular complexity index is 1920. The zero-order chi connectivity index (χ0) is 31.7. The first kappa shape index (κ1) is 30.0. The number of hydrogen-bond acceptors (Lipinski definition) is 7. The van der Waals surface area contributed by atoms with E-state index in [4.69, 9.17) is 4.74 Å². The molecule has 3 aromatic heterocycles. The maximum atomic E-state index is 14.5. The van der Waals surface area contributed by atoms with Gasteiger partial charge in [0.1, 0.15) is 10.7 Å². The molecule has 3 atom stereocenters. The minimum atomic E-state index is -4.64. The van der Waals surface area contributed by atoms with Gasteiger partial charge in [0.15, 0.2) is 10.0 Å². The first-order valence-corrected chi connectivity index (χ1v) is 16.7. The van der Waals surface area contributed by atoms with Gasteiger partial charge < -0.3 is 4.74 Å². The SMILES string of the molecule is C=S(=O)(c1ccn(C)n1)N(C1COC1)[C@H]1CCC2=Cc3c(cnn3-c3ccc(F)cc3)C[C@]2(C(=O)c2ncc(C(F)(F)F)s2)C1. The van der Waals surface area contributed by atoms with Crippen LogP contribution in [0.2, 0.25) is 0 Å². The number of fused-ring (bicyclic) bond motifs is 2. The van der Waals surface area contributed by atoms with Crippen molar-refractivity contribution in [2.75, 3.05) is 13.2 Å². The molecule has 2 fully saturated rings. The molecular formula is C30H28F4N6O3S2. The molecule has 45 heavy (non-hydrogen) atoms. The number of alkyl halides is 3. The van der Waals surface area contributed by atoms with Crippen LogP contribution in [-0.2, 0) is 34.1 Å². The summed E-state index contributed by atoms with van der Waals surface area (Å²) in [4.78, 5) is 17.5. The predicted octanol–water partition coefficient (Wildman–Crippen LogP) is 4.97. The predicted molar refractivity (Wildman–Crippen MR) is 160 cm³/mol. The first-order chi connectivity index (χ1) is 21.4. The van der Waals surface area contributed by atoms with Crippen LogP contribution in [0.15, 0.2) is 59.5 Å². The molecule has 1 unspecified atom stereocenters. The van der Waals surface area contributed by atoms with E-state index >= 15 is 0 Å². The highest BCUT2D eigenvalue weighted by atomic mass is 32.2. The average Bonchev–Trinajstić information content (AvgIpc) is 3.73. The van der Waals surface area contributed by atoms with Crippen molar-refractivity contribution in [3.63, 3.8) is 0 Å². The van der Waals surface area contributed by atoms with Gasteiger partial charge in [0.05, 0.1) is 58.2 Å². The topological polar surface area (TPSA) is 95.1 Å². The number of nitrogens with zero attached hydrogens (tertiary/aromatic N) is 6. The summed E-state index contributed by atoms with van der Waals surface area (Å²) in [6.07, 6.45) is 2.50. The number of hydrogen-bond donors (Lipinski definition) is 0. The summed E-state index contributed by atoms with van der Waals surface area (Å²) >= 11 is 0.329. The minimum absolute atomic E-state index is 0.155. The number of carbonyl (C=O) groups is 1. The Hall–Kier alpha value is -3.66. The van der Waals surface area contributed by atoms with Gasteiger partial charge in [-0.05, 0) is 73.5 Å². The lowest BCUT2D eigenvalue weighted by atomic mass is 9.61. The smallest absolute Gasteiger partial charge is 0.378 e. The van der Waals surface area contributed by atoms with Gasteiger partial charge in [0, 0.05) is 19.3 Å². The fraction of sp³-hybridized carbons (Fsp3) is 0.367. The van der Waals surface area contributed by atoms with Crippen LogP contribution in [0.3, 0.4) is 0 Å². The monoisotopic (exact) mass is 660 g/mol. The van der Waals surface area contributed by atoms with Crippen LogP contribution in [0.4, 0.5) is 17.6 Å². The number of ether oxygens (including phenoxy) is 1. The third-order valence-electron chi connectivity index (χ3n) is 8.82. The Morgan fingerprint density at radius 2 is 1.93 bits per heavy atom. The van der Waals surface area contributed by atoms with E-state index in [2.05, 4.69) is 21.1 Å². The van der Waals surface area contributed by atoms with Crippen molar-refractivity contribution in [1.29, 1.82) is 0 Å². The van der Waals surface area contributed by atoms with Gasteiger partial charge in [-0.25, -0.2) is 22.6 Å². The van der Waals surface area contributed by atoms with Gasteiger partial charge >= 0.3 is 6.18 Å². The molecule has 3 aliphatic rings. The van der Waals surface area contributed by atoms with Crippen molar-refractivity contribution in [2.45, 2.75) is 49.0 Å². The average molecular weight is 661 g/mol. The largest absolute Gasteiger partial charge is 0.427 e. The summed E-state index contributed by atoms with van der Waals surface area (Å²) in [6.45, 7) is 0.658. The van der Waals surface area contributed by atoms with Crippen LogP contribution in [0.1, 0.15) is 45.2 Å². The molecule has 4 aromatic rings. The third-order valence-corrected chi connectivity index (χ3v) is 12.0. The number of allylic oxidation sites excluding steroid dienone is 1. The highest BCUT2D eigenvalue weighted by Crippen LogP contribution is 2.52. The number of rotatable bonds is 7. The van der Waals surface area contributed by atoms with Gasteiger partial charge in [0.25, 0.3) is 0 Å². The van der Waals surface area contributed by atoms with Crippen molar-refractivity contribution in [3.05, 3.63) is 81.5 Å². The quantitative estimate of drug-likeness (QED) is 0.158. The number of thiazole rings is 1. The van der Waals surface area contributed by atoms with Crippen LogP contribution < -0.4 is 0 Å². The Kier molecular flexibility index (Phi) is 7.15. The number of benzene rings is 1. The lowest BCUT2D eigenvalue weighted by Gasteiger charge is -2.50. The lowest BCUT2D eigenvalue weighted by Crippen LogP contribution is -2.58. The van der Waals surface area contributed by atoms with E-state index in [-0.39, 0.29) is 23.9 Å². The van der Waals surface area contributed by atoms with Gasteiger partial charge in [-0.3, -0.25) is 9.48 Å².